The molecule has 2 rings (SSSR count). The molecule has 0 amide bonds. The van der Waals surface area contributed by atoms with Crippen LogP contribution in [0.2, 0.25) is 0 Å². The molecule has 0 fully saturated rings. The second-order valence-corrected chi connectivity index (χ2v) is 4.25. The quantitative estimate of drug-likeness (QED) is 0.927. The predicted molar refractivity (Wildman–Crippen MR) is 59.5 cm³/mol. The molecule has 0 aliphatic carbocycles. The maximum Gasteiger partial charge on any atom is 0.335 e. The number of carboxylic acids is 1. The van der Waals surface area contributed by atoms with E-state index in [0.29, 0.717) is 5.03 Å². The lowest BCUT2D eigenvalue weighted by molar-refractivity contribution is 0.0695. The Morgan fingerprint density at radius 2 is 1.89 bits per heavy atom. The zero-order valence-corrected chi connectivity index (χ0v) is 9.62. The third-order valence-corrected chi connectivity index (χ3v) is 3.01. The molecule has 0 spiro atoms. The Bertz CT molecular complexity index is 570. The molecule has 18 heavy (non-hydrogen) atoms. The van der Waals surface area contributed by atoms with E-state index in [0.717, 1.165) is 23.9 Å². The summed E-state index contributed by atoms with van der Waals surface area (Å²) in [6, 6.07) is 1.54. The highest BCUT2D eigenvalue weighted by Gasteiger charge is 2.16. The number of carboxylic acid groups (broad SMARTS) is 1. The van der Waals surface area contributed by atoms with Crippen LogP contribution in [-0.4, -0.2) is 21.0 Å². The Kier molecular flexibility index (Phi) is 3.52. The van der Waals surface area contributed by atoms with Crippen LogP contribution >= 0.6 is 11.8 Å². The summed E-state index contributed by atoms with van der Waals surface area (Å²) in [4.78, 5) is 17.9. The monoisotopic (exact) mass is 268 g/mol. The van der Waals surface area contributed by atoms with Gasteiger partial charge < -0.3 is 5.11 Å². The maximum atomic E-state index is 13.6. The minimum absolute atomic E-state index is 0.305. The molecule has 0 radical (unpaired) electrons. The van der Waals surface area contributed by atoms with Gasteiger partial charge in [0.1, 0.15) is 16.7 Å². The number of halogens is 2. The molecule has 0 aliphatic rings. The van der Waals surface area contributed by atoms with E-state index in [1.54, 1.807) is 0 Å². The van der Waals surface area contributed by atoms with E-state index in [1.165, 1.54) is 18.6 Å². The van der Waals surface area contributed by atoms with Crippen LogP contribution in [0, 0.1) is 11.6 Å². The van der Waals surface area contributed by atoms with Gasteiger partial charge in [0, 0.05) is 12.4 Å². The van der Waals surface area contributed by atoms with Crippen molar-refractivity contribution in [3.05, 3.63) is 47.9 Å². The number of hydrogen-bond acceptors (Lipinski definition) is 4. The molecule has 0 saturated carbocycles. The second kappa shape index (κ2) is 5.09. The lowest BCUT2D eigenvalue weighted by Gasteiger charge is -2.05. The number of carbonyl (C=O) groups is 1. The van der Waals surface area contributed by atoms with Crippen molar-refractivity contribution >= 4 is 17.7 Å². The van der Waals surface area contributed by atoms with Gasteiger partial charge in [0.05, 0.1) is 16.7 Å². The van der Waals surface area contributed by atoms with Crippen LogP contribution in [0.25, 0.3) is 0 Å². The van der Waals surface area contributed by atoms with Crippen molar-refractivity contribution < 1.29 is 18.7 Å². The van der Waals surface area contributed by atoms with E-state index in [1.807, 2.05) is 0 Å². The summed E-state index contributed by atoms with van der Waals surface area (Å²) < 4.78 is 27.2. The first-order valence-electron chi connectivity index (χ1n) is 4.74. The SMILES string of the molecule is O=C(O)c1cc(F)c(Sc2cnccn2)c(F)c1. The molecule has 4 nitrogen and oxygen atoms in total. The normalized spacial score (nSPS) is 10.3. The van der Waals surface area contributed by atoms with Gasteiger partial charge >= 0.3 is 5.97 Å². The van der Waals surface area contributed by atoms with Crippen molar-refractivity contribution in [3.63, 3.8) is 0 Å². The Morgan fingerprint density at radius 3 is 2.39 bits per heavy atom. The van der Waals surface area contributed by atoms with E-state index in [2.05, 4.69) is 9.97 Å². The molecule has 1 aromatic heterocycles. The zero-order chi connectivity index (χ0) is 13.1. The summed E-state index contributed by atoms with van der Waals surface area (Å²) in [6.07, 6.45) is 4.18. The molecule has 92 valence electrons. The van der Waals surface area contributed by atoms with Gasteiger partial charge in [-0.25, -0.2) is 18.6 Å². The molecule has 1 N–H and O–H groups in total. The van der Waals surface area contributed by atoms with Crippen LogP contribution in [0.1, 0.15) is 10.4 Å². The van der Waals surface area contributed by atoms with E-state index in [-0.39, 0.29) is 4.90 Å². The minimum Gasteiger partial charge on any atom is -0.478 e. The van der Waals surface area contributed by atoms with Gasteiger partial charge in [-0.2, -0.15) is 0 Å². The van der Waals surface area contributed by atoms with Crippen molar-refractivity contribution in [2.75, 3.05) is 0 Å². The zero-order valence-electron chi connectivity index (χ0n) is 8.80. The molecule has 1 aromatic carbocycles. The minimum atomic E-state index is -1.39. The first-order valence-corrected chi connectivity index (χ1v) is 5.56. The molecule has 0 atom stereocenters. The summed E-state index contributed by atoms with van der Waals surface area (Å²) in [6.45, 7) is 0. The van der Waals surface area contributed by atoms with Crippen molar-refractivity contribution in [3.8, 4) is 0 Å². The second-order valence-electron chi connectivity index (χ2n) is 3.22. The van der Waals surface area contributed by atoms with Gasteiger partial charge in [-0.15, -0.1) is 0 Å². The fourth-order valence-electron chi connectivity index (χ4n) is 1.22. The molecule has 0 saturated heterocycles. The first kappa shape index (κ1) is 12.4. The number of hydrogen-bond donors (Lipinski definition) is 1. The van der Waals surface area contributed by atoms with Gasteiger partial charge in [-0.3, -0.25) is 4.98 Å². The van der Waals surface area contributed by atoms with Crippen molar-refractivity contribution in [1.29, 1.82) is 0 Å². The Morgan fingerprint density at radius 1 is 1.22 bits per heavy atom. The number of rotatable bonds is 3. The Hall–Kier alpha value is -2.02. The molecule has 0 unspecified atom stereocenters. The Balaban J connectivity index is 2.37. The largest absolute Gasteiger partial charge is 0.478 e. The third-order valence-electron chi connectivity index (χ3n) is 1.99. The van der Waals surface area contributed by atoms with Crippen LogP contribution in [-0.2, 0) is 0 Å². The number of nitrogens with zero attached hydrogens (tertiary/aromatic N) is 2. The van der Waals surface area contributed by atoms with Gasteiger partial charge in [0.25, 0.3) is 0 Å². The molecular weight excluding hydrogens is 262 g/mol. The average molecular weight is 268 g/mol. The first-order chi connectivity index (χ1) is 8.58. The predicted octanol–water partition coefficient (Wildman–Crippen LogP) is 2.60. The van der Waals surface area contributed by atoms with E-state index < -0.39 is 23.2 Å². The van der Waals surface area contributed by atoms with Gasteiger partial charge in [-0.05, 0) is 12.1 Å². The highest BCUT2D eigenvalue weighted by atomic mass is 32.2. The van der Waals surface area contributed by atoms with Gasteiger partial charge in [0.15, 0.2) is 0 Å². The van der Waals surface area contributed by atoms with E-state index in [4.69, 9.17) is 5.11 Å². The molecule has 2 aromatic rings. The summed E-state index contributed by atoms with van der Waals surface area (Å²) in [5.74, 6) is -3.27. The number of aromatic nitrogens is 2. The van der Waals surface area contributed by atoms with Crippen LogP contribution < -0.4 is 0 Å². The number of benzene rings is 1. The molecule has 0 bridgehead atoms. The number of aromatic carboxylic acids is 1. The smallest absolute Gasteiger partial charge is 0.335 e. The molecule has 0 aliphatic heterocycles. The van der Waals surface area contributed by atoms with Crippen molar-refractivity contribution in [2.24, 2.45) is 0 Å². The van der Waals surface area contributed by atoms with E-state index in [9.17, 15) is 13.6 Å². The Labute approximate surface area is 105 Å². The summed E-state index contributed by atoms with van der Waals surface area (Å²) in [7, 11) is 0. The van der Waals surface area contributed by atoms with Crippen LogP contribution in [0.4, 0.5) is 8.78 Å². The fourth-order valence-corrected chi connectivity index (χ4v) is 1.97. The van der Waals surface area contributed by atoms with Crippen LogP contribution in [0.5, 0.6) is 0 Å². The van der Waals surface area contributed by atoms with Gasteiger partial charge in [0.2, 0.25) is 0 Å². The lowest BCUT2D eigenvalue weighted by atomic mass is 10.2. The van der Waals surface area contributed by atoms with Gasteiger partial charge in [-0.1, -0.05) is 11.8 Å². The molecule has 7 heteroatoms. The highest BCUT2D eigenvalue weighted by molar-refractivity contribution is 7.99. The maximum absolute atomic E-state index is 13.6. The van der Waals surface area contributed by atoms with Crippen LogP contribution in [0.3, 0.4) is 0 Å². The fraction of sp³-hybridized carbons (Fsp3) is 0. The highest BCUT2D eigenvalue weighted by Crippen LogP contribution is 2.31. The van der Waals surface area contributed by atoms with E-state index >= 15 is 0 Å². The summed E-state index contributed by atoms with van der Waals surface area (Å²) >= 11 is 0.745. The molecular formula is C11H6F2N2O2S. The summed E-state index contributed by atoms with van der Waals surface area (Å²) in [5, 5.41) is 8.97. The van der Waals surface area contributed by atoms with Crippen molar-refractivity contribution in [1.82, 2.24) is 9.97 Å². The summed E-state index contributed by atoms with van der Waals surface area (Å²) in [5.41, 5.74) is -0.437. The topological polar surface area (TPSA) is 63.1 Å². The molecule has 1 heterocycles. The lowest BCUT2D eigenvalue weighted by Crippen LogP contribution is -2.00. The van der Waals surface area contributed by atoms with Crippen LogP contribution in [0.15, 0.2) is 40.6 Å². The average Bonchev–Trinajstić information content (AvgIpc) is 2.34. The third kappa shape index (κ3) is 2.62. The van der Waals surface area contributed by atoms with Crippen molar-refractivity contribution in [2.45, 2.75) is 9.92 Å². The standard InChI is InChI=1S/C11H6F2N2O2S/c12-7-3-6(11(16)17)4-8(13)10(7)18-9-5-14-1-2-15-9/h1-5H,(H,16,17).